The Hall–Kier alpha value is -1.40. The molecule has 0 aliphatic rings. The first-order chi connectivity index (χ1) is 11.3. The minimum atomic E-state index is -0.499. The van der Waals surface area contributed by atoms with Crippen LogP contribution >= 0.6 is 0 Å². The van der Waals surface area contributed by atoms with Crippen molar-refractivity contribution in [1.82, 2.24) is 0 Å². The molecule has 0 aromatic heterocycles. The van der Waals surface area contributed by atoms with Crippen molar-refractivity contribution < 1.29 is 29.0 Å². The van der Waals surface area contributed by atoms with Gasteiger partial charge >= 0.3 is 0 Å². The van der Waals surface area contributed by atoms with E-state index in [0.717, 1.165) is 12.8 Å². The Bertz CT molecular complexity index is 361. The van der Waals surface area contributed by atoms with Gasteiger partial charge in [0, 0.05) is 0 Å². The van der Waals surface area contributed by atoms with Gasteiger partial charge in [-0.3, -0.25) is 19.2 Å². The molecule has 0 aromatic carbocycles. The Labute approximate surface area is 144 Å². The van der Waals surface area contributed by atoms with Crippen LogP contribution in [0.4, 0.5) is 0 Å². The van der Waals surface area contributed by atoms with Gasteiger partial charge in [-0.05, 0) is 66.2 Å². The van der Waals surface area contributed by atoms with Crippen molar-refractivity contribution in [3.63, 3.8) is 0 Å². The van der Waals surface area contributed by atoms with E-state index in [0.29, 0.717) is 38.9 Å². The second kappa shape index (κ2) is 13.0. The van der Waals surface area contributed by atoms with Gasteiger partial charge in [0.1, 0.15) is 23.1 Å². The fourth-order valence-electron chi connectivity index (χ4n) is 2.52. The van der Waals surface area contributed by atoms with Crippen molar-refractivity contribution in [1.29, 1.82) is 0 Å². The topological polar surface area (TPSA) is 86.7 Å². The number of unbranched alkanes of at least 4 members (excludes halogenated alkanes) is 2. The SMILES string of the molecule is CC(=O)C(CCCCOOCCCCC(C(C)=O)C(C)=O)C(C)=O. The molecule has 0 spiro atoms. The van der Waals surface area contributed by atoms with E-state index in [1.165, 1.54) is 27.7 Å². The normalized spacial score (nSPS) is 11.1. The third-order valence-electron chi connectivity index (χ3n) is 3.99. The fourth-order valence-corrected chi connectivity index (χ4v) is 2.52. The first-order valence-corrected chi connectivity index (χ1v) is 8.53. The standard InChI is InChI=1S/C18H30O6/c1-13(19)17(14(2)20)9-5-7-11-23-24-12-8-6-10-18(15(3)21)16(4)22/h17-18H,5-12H2,1-4H3. The van der Waals surface area contributed by atoms with E-state index in [1.807, 2.05) is 0 Å². The van der Waals surface area contributed by atoms with Crippen LogP contribution in [0.1, 0.15) is 66.2 Å². The lowest BCUT2D eigenvalue weighted by atomic mass is 9.94. The van der Waals surface area contributed by atoms with Crippen LogP contribution in [0.25, 0.3) is 0 Å². The molecule has 24 heavy (non-hydrogen) atoms. The van der Waals surface area contributed by atoms with Crippen molar-refractivity contribution in [3.8, 4) is 0 Å². The molecule has 0 rings (SSSR count). The second-order valence-electron chi connectivity index (χ2n) is 6.18. The van der Waals surface area contributed by atoms with Gasteiger partial charge in [0.2, 0.25) is 0 Å². The van der Waals surface area contributed by atoms with E-state index in [9.17, 15) is 19.2 Å². The average Bonchev–Trinajstić information content (AvgIpc) is 2.46. The molecule has 0 aromatic rings. The van der Waals surface area contributed by atoms with Crippen LogP contribution in [0, 0.1) is 11.8 Å². The van der Waals surface area contributed by atoms with Crippen LogP contribution in [-0.4, -0.2) is 36.3 Å². The van der Waals surface area contributed by atoms with Crippen molar-refractivity contribution >= 4 is 23.1 Å². The number of hydrogen-bond acceptors (Lipinski definition) is 6. The molecule has 0 fully saturated rings. The van der Waals surface area contributed by atoms with Crippen LogP contribution in [0.5, 0.6) is 0 Å². The van der Waals surface area contributed by atoms with Gasteiger partial charge in [-0.2, -0.15) is 0 Å². The second-order valence-corrected chi connectivity index (χ2v) is 6.18. The Morgan fingerprint density at radius 3 is 1.12 bits per heavy atom. The van der Waals surface area contributed by atoms with Gasteiger partial charge < -0.3 is 0 Å². The average molecular weight is 342 g/mol. The van der Waals surface area contributed by atoms with Gasteiger partial charge in [-0.1, -0.05) is 0 Å². The third kappa shape index (κ3) is 10.4. The van der Waals surface area contributed by atoms with Crippen molar-refractivity contribution in [2.24, 2.45) is 11.8 Å². The summed E-state index contributed by atoms with van der Waals surface area (Å²) in [5.74, 6) is -1.35. The summed E-state index contributed by atoms with van der Waals surface area (Å²) in [5, 5.41) is 0. The quantitative estimate of drug-likeness (QED) is 0.197. The summed E-state index contributed by atoms with van der Waals surface area (Å²) in [6.45, 7) is 6.57. The molecule has 0 aliphatic carbocycles. The number of carbonyl (C=O) groups excluding carboxylic acids is 4. The molecule has 0 unspecified atom stereocenters. The lowest BCUT2D eigenvalue weighted by Gasteiger charge is -2.10. The largest absolute Gasteiger partial charge is 0.299 e. The summed E-state index contributed by atoms with van der Waals surface area (Å²) in [5.41, 5.74) is 0. The third-order valence-corrected chi connectivity index (χ3v) is 3.99. The predicted molar refractivity (Wildman–Crippen MR) is 89.3 cm³/mol. The lowest BCUT2D eigenvalue weighted by molar-refractivity contribution is -0.295. The maximum Gasteiger partial charge on any atom is 0.140 e. The molecule has 0 heterocycles. The highest BCUT2D eigenvalue weighted by Gasteiger charge is 2.19. The summed E-state index contributed by atoms with van der Waals surface area (Å²) < 4.78 is 0. The monoisotopic (exact) mass is 342 g/mol. The summed E-state index contributed by atoms with van der Waals surface area (Å²) >= 11 is 0. The fraction of sp³-hybridized carbons (Fsp3) is 0.778. The maximum absolute atomic E-state index is 11.3. The van der Waals surface area contributed by atoms with Crippen molar-refractivity contribution in [3.05, 3.63) is 0 Å². The van der Waals surface area contributed by atoms with Crippen LogP contribution < -0.4 is 0 Å². The molecule has 0 saturated carbocycles. The van der Waals surface area contributed by atoms with Crippen molar-refractivity contribution in [2.75, 3.05) is 13.2 Å². The summed E-state index contributed by atoms with van der Waals surface area (Å²) in [4.78, 5) is 55.1. The number of Topliss-reactive ketones (excluding diaryl/α,β-unsaturated/α-hetero) is 4. The first kappa shape index (κ1) is 22.6. The highest BCUT2D eigenvalue weighted by atomic mass is 17.2. The van der Waals surface area contributed by atoms with Gasteiger partial charge in [0.15, 0.2) is 0 Å². The van der Waals surface area contributed by atoms with E-state index < -0.39 is 11.8 Å². The number of hydrogen-bond donors (Lipinski definition) is 0. The zero-order valence-corrected chi connectivity index (χ0v) is 15.3. The summed E-state index contributed by atoms with van der Waals surface area (Å²) in [6.07, 6.45) is 3.98. The van der Waals surface area contributed by atoms with Crippen molar-refractivity contribution in [2.45, 2.75) is 66.2 Å². The maximum atomic E-state index is 11.3. The number of ketones is 4. The molecule has 0 N–H and O–H groups in total. The van der Waals surface area contributed by atoms with E-state index in [1.54, 1.807) is 0 Å². The first-order valence-electron chi connectivity index (χ1n) is 8.53. The Morgan fingerprint density at radius 2 is 0.875 bits per heavy atom. The zero-order valence-electron chi connectivity index (χ0n) is 15.3. The molecule has 0 bridgehead atoms. The molecule has 0 atom stereocenters. The number of carbonyl (C=O) groups is 4. The molecule has 6 nitrogen and oxygen atoms in total. The highest BCUT2D eigenvalue weighted by Crippen LogP contribution is 2.12. The van der Waals surface area contributed by atoms with Crippen LogP contribution in [0.2, 0.25) is 0 Å². The number of rotatable bonds is 15. The molecule has 0 amide bonds. The van der Waals surface area contributed by atoms with Gasteiger partial charge in [0.25, 0.3) is 0 Å². The summed E-state index contributed by atoms with van der Waals surface area (Å²) in [7, 11) is 0. The van der Waals surface area contributed by atoms with Gasteiger partial charge in [0.05, 0.1) is 25.0 Å². The van der Waals surface area contributed by atoms with Gasteiger partial charge in [-0.15, -0.1) is 0 Å². The highest BCUT2D eigenvalue weighted by molar-refractivity contribution is 6.00. The lowest BCUT2D eigenvalue weighted by Crippen LogP contribution is -2.19. The molecule has 0 saturated heterocycles. The van der Waals surface area contributed by atoms with Crippen LogP contribution in [0.3, 0.4) is 0 Å². The zero-order chi connectivity index (χ0) is 18.5. The van der Waals surface area contributed by atoms with Crippen LogP contribution in [-0.2, 0) is 29.0 Å². The molecule has 0 radical (unpaired) electrons. The Morgan fingerprint density at radius 1 is 0.583 bits per heavy atom. The molecule has 0 aliphatic heterocycles. The molecular formula is C18H30O6. The molecule has 138 valence electrons. The van der Waals surface area contributed by atoms with E-state index >= 15 is 0 Å². The minimum absolute atomic E-state index is 0.0888. The smallest absolute Gasteiger partial charge is 0.140 e. The summed E-state index contributed by atoms with van der Waals surface area (Å²) in [6, 6.07) is 0. The Kier molecular flexibility index (Phi) is 12.2. The minimum Gasteiger partial charge on any atom is -0.299 e. The predicted octanol–water partition coefficient (Wildman–Crippen LogP) is 2.86. The van der Waals surface area contributed by atoms with Crippen LogP contribution in [0.15, 0.2) is 0 Å². The Balaban J connectivity index is 3.58. The molecular weight excluding hydrogens is 312 g/mol. The van der Waals surface area contributed by atoms with Gasteiger partial charge in [-0.25, -0.2) is 9.78 Å². The van der Waals surface area contributed by atoms with E-state index in [2.05, 4.69) is 0 Å². The van der Waals surface area contributed by atoms with E-state index in [4.69, 9.17) is 9.78 Å². The molecule has 6 heteroatoms. The van der Waals surface area contributed by atoms with E-state index in [-0.39, 0.29) is 23.1 Å².